The molecule has 2 N–H and O–H groups in total. The second-order valence-corrected chi connectivity index (χ2v) is 7.28. The molecule has 0 aliphatic carbocycles. The summed E-state index contributed by atoms with van der Waals surface area (Å²) in [4.78, 5) is 27.0. The van der Waals surface area contributed by atoms with Gasteiger partial charge in [-0.15, -0.1) is 0 Å². The van der Waals surface area contributed by atoms with Crippen molar-refractivity contribution in [2.45, 2.75) is 32.4 Å². The standard InChI is InChI=1S/C19H24N2O4S/c1-3-9-25-18-11-20-15(10-17(18)22)12-26(24)13-19(23)21-16-8-6-5-7-14(16)4-2/h5-8,10-11H,3-4,9,12-13H2,1-2H3,(H,20,22)(H,21,23). The lowest BCUT2D eigenvalue weighted by atomic mass is 10.1. The quantitative estimate of drug-likeness (QED) is 0.704. The van der Waals surface area contributed by atoms with Crippen molar-refractivity contribution in [2.24, 2.45) is 0 Å². The minimum absolute atomic E-state index is 0.103. The summed E-state index contributed by atoms with van der Waals surface area (Å²) >= 11 is 0. The van der Waals surface area contributed by atoms with Gasteiger partial charge in [0, 0.05) is 34.4 Å². The number of aryl methyl sites for hydroxylation is 1. The molecule has 140 valence electrons. The second-order valence-electron chi connectivity index (χ2n) is 5.82. The third-order valence-corrected chi connectivity index (χ3v) is 4.90. The Morgan fingerprint density at radius 3 is 2.73 bits per heavy atom. The molecule has 0 bridgehead atoms. The van der Waals surface area contributed by atoms with Crippen LogP contribution >= 0.6 is 0 Å². The maximum Gasteiger partial charge on any atom is 0.237 e. The van der Waals surface area contributed by atoms with Gasteiger partial charge in [0.15, 0.2) is 5.75 Å². The van der Waals surface area contributed by atoms with Gasteiger partial charge in [0.25, 0.3) is 0 Å². The number of carbonyl (C=O) groups is 1. The normalized spacial score (nSPS) is 11.8. The van der Waals surface area contributed by atoms with Crippen LogP contribution in [-0.4, -0.2) is 27.5 Å². The number of para-hydroxylation sites is 1. The van der Waals surface area contributed by atoms with E-state index in [0.29, 0.717) is 12.3 Å². The van der Waals surface area contributed by atoms with Gasteiger partial charge in [-0.25, -0.2) is 0 Å². The Morgan fingerprint density at radius 2 is 2.04 bits per heavy atom. The Bertz CT molecular complexity index is 832. The number of nitrogens with one attached hydrogen (secondary N) is 2. The number of hydrogen-bond acceptors (Lipinski definition) is 4. The van der Waals surface area contributed by atoms with Crippen molar-refractivity contribution in [1.82, 2.24) is 4.98 Å². The average Bonchev–Trinajstić information content (AvgIpc) is 2.61. The molecular formula is C19H24N2O4S. The van der Waals surface area contributed by atoms with Crippen LogP contribution in [0.15, 0.2) is 41.3 Å². The Balaban J connectivity index is 1.92. The van der Waals surface area contributed by atoms with Gasteiger partial charge in [0.2, 0.25) is 11.3 Å². The highest BCUT2D eigenvalue weighted by atomic mass is 32.2. The van der Waals surface area contributed by atoms with Crippen LogP contribution in [0.4, 0.5) is 5.69 Å². The van der Waals surface area contributed by atoms with Gasteiger partial charge in [-0.05, 0) is 24.5 Å². The van der Waals surface area contributed by atoms with Gasteiger partial charge >= 0.3 is 0 Å². The first-order valence-corrected chi connectivity index (χ1v) is 10.1. The van der Waals surface area contributed by atoms with Gasteiger partial charge in [0.05, 0.1) is 12.4 Å². The molecule has 0 spiro atoms. The summed E-state index contributed by atoms with van der Waals surface area (Å²) in [5.41, 5.74) is 2.02. The molecule has 26 heavy (non-hydrogen) atoms. The van der Waals surface area contributed by atoms with Crippen LogP contribution in [0, 0.1) is 0 Å². The monoisotopic (exact) mass is 376 g/mol. The zero-order chi connectivity index (χ0) is 18.9. The van der Waals surface area contributed by atoms with E-state index < -0.39 is 10.8 Å². The molecule has 1 unspecified atom stereocenters. The van der Waals surface area contributed by atoms with Crippen molar-refractivity contribution < 1.29 is 13.7 Å². The molecule has 1 amide bonds. The molecule has 0 radical (unpaired) electrons. The van der Waals surface area contributed by atoms with E-state index in [-0.39, 0.29) is 28.6 Å². The molecule has 2 aromatic rings. The predicted octanol–water partition coefficient (Wildman–Crippen LogP) is 2.61. The Labute approximate surface area is 155 Å². The van der Waals surface area contributed by atoms with Crippen LogP contribution in [0.25, 0.3) is 0 Å². The second kappa shape index (κ2) is 9.91. The van der Waals surface area contributed by atoms with Crippen molar-refractivity contribution in [3.8, 4) is 5.75 Å². The first kappa shape index (κ1) is 19.9. The summed E-state index contributed by atoms with van der Waals surface area (Å²) in [6, 6.07) is 8.90. The fraction of sp³-hybridized carbons (Fsp3) is 0.368. The van der Waals surface area contributed by atoms with E-state index in [1.54, 1.807) is 0 Å². The number of aromatic amines is 1. The smallest absolute Gasteiger partial charge is 0.237 e. The van der Waals surface area contributed by atoms with E-state index in [1.165, 1.54) is 12.3 Å². The van der Waals surface area contributed by atoms with Crippen LogP contribution < -0.4 is 15.5 Å². The third kappa shape index (κ3) is 5.84. The molecule has 0 fully saturated rings. The lowest BCUT2D eigenvalue weighted by Crippen LogP contribution is -2.21. The van der Waals surface area contributed by atoms with Crippen LogP contribution in [-0.2, 0) is 27.8 Å². The molecule has 0 aliphatic heterocycles. The number of aromatic nitrogens is 1. The number of ether oxygens (including phenoxy) is 1. The number of amides is 1. The summed E-state index contributed by atoms with van der Waals surface area (Å²) in [6.07, 6.45) is 3.08. The van der Waals surface area contributed by atoms with Crippen LogP contribution in [0.5, 0.6) is 5.75 Å². The van der Waals surface area contributed by atoms with E-state index in [4.69, 9.17) is 4.74 Å². The summed E-state index contributed by atoms with van der Waals surface area (Å²) in [5, 5.41) is 2.80. The summed E-state index contributed by atoms with van der Waals surface area (Å²) in [6.45, 7) is 4.43. The molecule has 7 heteroatoms. The molecule has 6 nitrogen and oxygen atoms in total. The summed E-state index contributed by atoms with van der Waals surface area (Å²) in [7, 11) is -1.43. The molecule has 1 aromatic carbocycles. The van der Waals surface area contributed by atoms with Crippen LogP contribution in [0.3, 0.4) is 0 Å². The van der Waals surface area contributed by atoms with E-state index in [1.807, 2.05) is 38.1 Å². The summed E-state index contributed by atoms with van der Waals surface area (Å²) in [5.74, 6) is -0.0925. The number of benzene rings is 1. The zero-order valence-electron chi connectivity index (χ0n) is 15.0. The SMILES string of the molecule is CCCOc1c[nH]c(CS(=O)CC(=O)Nc2ccccc2CC)cc1=O. The van der Waals surface area contributed by atoms with Gasteiger partial charge in [-0.3, -0.25) is 13.8 Å². The molecule has 0 aliphatic rings. The number of H-pyrrole nitrogens is 1. The maximum atomic E-state index is 12.2. The van der Waals surface area contributed by atoms with Crippen molar-refractivity contribution in [1.29, 1.82) is 0 Å². The molecule has 0 saturated heterocycles. The lowest BCUT2D eigenvalue weighted by Gasteiger charge is -2.10. The number of pyridine rings is 1. The Hall–Kier alpha value is -2.41. The van der Waals surface area contributed by atoms with Crippen LogP contribution in [0.2, 0.25) is 0 Å². The predicted molar refractivity (Wildman–Crippen MR) is 104 cm³/mol. The molecule has 2 rings (SSSR count). The number of hydrogen-bond donors (Lipinski definition) is 2. The van der Waals surface area contributed by atoms with E-state index in [2.05, 4.69) is 10.3 Å². The number of carbonyl (C=O) groups excluding carboxylic acids is 1. The summed E-state index contributed by atoms with van der Waals surface area (Å²) < 4.78 is 17.5. The minimum Gasteiger partial charge on any atom is -0.488 e. The first-order chi connectivity index (χ1) is 12.5. The van der Waals surface area contributed by atoms with E-state index in [0.717, 1.165) is 24.1 Å². The zero-order valence-corrected chi connectivity index (χ0v) is 15.9. The first-order valence-electron chi connectivity index (χ1n) is 8.60. The van der Waals surface area contributed by atoms with Crippen molar-refractivity contribution in [3.63, 3.8) is 0 Å². The highest BCUT2D eigenvalue weighted by Crippen LogP contribution is 2.15. The molecule has 1 aromatic heterocycles. The fourth-order valence-corrected chi connectivity index (χ4v) is 3.40. The van der Waals surface area contributed by atoms with E-state index >= 15 is 0 Å². The molecule has 1 heterocycles. The highest BCUT2D eigenvalue weighted by Gasteiger charge is 2.12. The average molecular weight is 376 g/mol. The van der Waals surface area contributed by atoms with Gasteiger partial charge < -0.3 is 15.0 Å². The Kier molecular flexibility index (Phi) is 7.59. The largest absolute Gasteiger partial charge is 0.488 e. The van der Waals surface area contributed by atoms with Crippen LogP contribution in [0.1, 0.15) is 31.5 Å². The molecule has 1 atom stereocenters. The lowest BCUT2D eigenvalue weighted by molar-refractivity contribution is -0.113. The maximum absolute atomic E-state index is 12.2. The number of rotatable bonds is 9. The fourth-order valence-electron chi connectivity index (χ4n) is 2.42. The minimum atomic E-state index is -1.43. The highest BCUT2D eigenvalue weighted by molar-refractivity contribution is 7.84. The Morgan fingerprint density at radius 1 is 1.27 bits per heavy atom. The third-order valence-electron chi connectivity index (χ3n) is 3.68. The van der Waals surface area contributed by atoms with E-state index in [9.17, 15) is 13.8 Å². The van der Waals surface area contributed by atoms with Gasteiger partial charge in [-0.2, -0.15) is 0 Å². The number of anilines is 1. The van der Waals surface area contributed by atoms with Crippen molar-refractivity contribution in [2.75, 3.05) is 17.7 Å². The molecule has 0 saturated carbocycles. The topological polar surface area (TPSA) is 88.3 Å². The van der Waals surface area contributed by atoms with Gasteiger partial charge in [-0.1, -0.05) is 32.0 Å². The van der Waals surface area contributed by atoms with Crippen molar-refractivity contribution in [3.05, 3.63) is 58.0 Å². The molecular weight excluding hydrogens is 352 g/mol. The van der Waals surface area contributed by atoms with Gasteiger partial charge in [0.1, 0.15) is 5.75 Å². The van der Waals surface area contributed by atoms with Crippen molar-refractivity contribution >= 4 is 22.4 Å².